The second-order valence-electron chi connectivity index (χ2n) is 4.88. The minimum atomic E-state index is -4.11. The van der Waals surface area contributed by atoms with Gasteiger partial charge >= 0.3 is 6.18 Å². The number of anilines is 1. The molecule has 0 saturated heterocycles. The fourth-order valence-corrected chi connectivity index (χ4v) is 1.92. The van der Waals surface area contributed by atoms with Crippen LogP contribution < -0.4 is 5.73 Å². The number of hydrogen-bond donors (Lipinski definition) is 2. The summed E-state index contributed by atoms with van der Waals surface area (Å²) < 4.78 is 36.3. The molecule has 0 atom stereocenters. The molecule has 7 heteroatoms. The van der Waals surface area contributed by atoms with Crippen molar-refractivity contribution < 1.29 is 13.2 Å². The average Bonchev–Trinajstić information content (AvgIpc) is 2.75. The fourth-order valence-electron chi connectivity index (χ4n) is 1.92. The largest absolute Gasteiger partial charge is 0.399 e. The Labute approximate surface area is 114 Å². The molecule has 1 aromatic carbocycles. The van der Waals surface area contributed by atoms with Gasteiger partial charge in [0.05, 0.1) is 17.5 Å². The highest BCUT2D eigenvalue weighted by Crippen LogP contribution is 2.19. The van der Waals surface area contributed by atoms with Gasteiger partial charge in [-0.05, 0) is 25.2 Å². The van der Waals surface area contributed by atoms with Gasteiger partial charge in [0.15, 0.2) is 0 Å². The third-order valence-corrected chi connectivity index (χ3v) is 3.06. The Bertz CT molecular complexity index is 576. The van der Waals surface area contributed by atoms with Crippen molar-refractivity contribution in [2.24, 2.45) is 0 Å². The number of fused-ring (bicyclic) bond motifs is 1. The smallest absolute Gasteiger partial charge is 0.390 e. The van der Waals surface area contributed by atoms with Gasteiger partial charge in [-0.25, -0.2) is 4.98 Å². The van der Waals surface area contributed by atoms with Crippen LogP contribution >= 0.6 is 0 Å². The lowest BCUT2D eigenvalue weighted by Crippen LogP contribution is -2.26. The molecule has 0 bridgehead atoms. The Morgan fingerprint density at radius 3 is 2.75 bits per heavy atom. The third-order valence-electron chi connectivity index (χ3n) is 3.06. The van der Waals surface area contributed by atoms with E-state index in [-0.39, 0.29) is 6.54 Å². The van der Waals surface area contributed by atoms with Crippen LogP contribution in [0.5, 0.6) is 0 Å². The Kier molecular flexibility index (Phi) is 4.17. The Balaban J connectivity index is 1.89. The van der Waals surface area contributed by atoms with E-state index in [1.54, 1.807) is 24.1 Å². The number of benzene rings is 1. The Hall–Kier alpha value is -1.76. The SMILES string of the molecule is CN(CCc1nc2ccc(N)cc2[nH]1)CCC(F)(F)F. The number of nitrogens with one attached hydrogen (secondary N) is 1. The first kappa shape index (κ1) is 14.6. The fraction of sp³-hybridized carbons (Fsp3) is 0.462. The van der Waals surface area contributed by atoms with E-state index in [2.05, 4.69) is 9.97 Å². The molecule has 2 aromatic rings. The summed E-state index contributed by atoms with van der Waals surface area (Å²) in [5, 5.41) is 0. The number of hydrogen-bond acceptors (Lipinski definition) is 3. The van der Waals surface area contributed by atoms with E-state index in [0.717, 1.165) is 16.9 Å². The second kappa shape index (κ2) is 5.70. The van der Waals surface area contributed by atoms with Crippen molar-refractivity contribution in [1.29, 1.82) is 0 Å². The van der Waals surface area contributed by atoms with Gasteiger partial charge < -0.3 is 15.6 Å². The van der Waals surface area contributed by atoms with Gasteiger partial charge in [0.2, 0.25) is 0 Å². The molecule has 0 aliphatic carbocycles. The lowest BCUT2D eigenvalue weighted by atomic mass is 10.3. The topological polar surface area (TPSA) is 57.9 Å². The molecule has 3 N–H and O–H groups in total. The van der Waals surface area contributed by atoms with Crippen LogP contribution in [0.1, 0.15) is 12.2 Å². The molecule has 0 unspecified atom stereocenters. The standard InChI is InChI=1S/C13H17F3N4/c1-20(7-5-13(14,15)16)6-4-12-18-10-3-2-9(17)8-11(10)19-12/h2-3,8H,4-7,17H2,1H3,(H,18,19). The number of aromatic amines is 1. The molecule has 20 heavy (non-hydrogen) atoms. The van der Waals surface area contributed by atoms with E-state index in [4.69, 9.17) is 5.73 Å². The number of H-pyrrole nitrogens is 1. The first-order valence-corrected chi connectivity index (χ1v) is 6.33. The molecule has 0 spiro atoms. The predicted molar refractivity (Wildman–Crippen MR) is 72.4 cm³/mol. The molecule has 0 radical (unpaired) electrons. The van der Waals surface area contributed by atoms with Crippen LogP contribution in [0.4, 0.5) is 18.9 Å². The van der Waals surface area contributed by atoms with E-state index in [9.17, 15) is 13.2 Å². The summed E-state index contributed by atoms with van der Waals surface area (Å²) in [6.07, 6.45) is -4.33. The second-order valence-corrected chi connectivity index (χ2v) is 4.88. The Morgan fingerprint density at radius 2 is 2.05 bits per heavy atom. The monoisotopic (exact) mass is 286 g/mol. The molecule has 0 saturated carbocycles. The molecule has 0 aliphatic heterocycles. The summed E-state index contributed by atoms with van der Waals surface area (Å²) in [6, 6.07) is 5.37. The van der Waals surface area contributed by atoms with Crippen molar-refractivity contribution >= 4 is 16.7 Å². The highest BCUT2D eigenvalue weighted by molar-refractivity contribution is 5.78. The van der Waals surface area contributed by atoms with E-state index in [1.807, 2.05) is 6.07 Å². The first-order valence-electron chi connectivity index (χ1n) is 6.33. The molecule has 1 aromatic heterocycles. The third kappa shape index (κ3) is 4.12. The molecular weight excluding hydrogens is 269 g/mol. The Morgan fingerprint density at radius 1 is 1.30 bits per heavy atom. The summed E-state index contributed by atoms with van der Waals surface area (Å²) in [5.74, 6) is 0.754. The number of imidazole rings is 1. The zero-order valence-electron chi connectivity index (χ0n) is 11.2. The highest BCUT2D eigenvalue weighted by atomic mass is 19.4. The molecule has 0 fully saturated rings. The molecule has 0 amide bonds. The summed E-state index contributed by atoms with van der Waals surface area (Å²) in [7, 11) is 1.67. The zero-order chi connectivity index (χ0) is 14.8. The van der Waals surface area contributed by atoms with Gasteiger partial charge in [-0.3, -0.25) is 0 Å². The minimum Gasteiger partial charge on any atom is -0.399 e. The van der Waals surface area contributed by atoms with E-state index in [0.29, 0.717) is 18.7 Å². The first-order chi connectivity index (χ1) is 9.33. The molecule has 4 nitrogen and oxygen atoms in total. The maximum absolute atomic E-state index is 12.1. The number of likely N-dealkylation sites (N-methyl/N-ethyl adjacent to an activating group) is 1. The number of aromatic nitrogens is 2. The summed E-state index contributed by atoms with van der Waals surface area (Å²) in [6.45, 7) is 0.516. The number of nitrogen functional groups attached to an aromatic ring is 1. The predicted octanol–water partition coefficient (Wildman–Crippen LogP) is 2.57. The molecular formula is C13H17F3N4. The normalized spacial score (nSPS) is 12.4. The van der Waals surface area contributed by atoms with Crippen molar-refractivity contribution in [2.45, 2.75) is 19.0 Å². The summed E-state index contributed by atoms with van der Waals surface area (Å²) >= 11 is 0. The van der Waals surface area contributed by atoms with Crippen molar-refractivity contribution in [1.82, 2.24) is 14.9 Å². The van der Waals surface area contributed by atoms with Gasteiger partial charge in [0, 0.05) is 25.2 Å². The van der Waals surface area contributed by atoms with Gasteiger partial charge in [-0.1, -0.05) is 0 Å². The lowest BCUT2D eigenvalue weighted by Gasteiger charge is -2.16. The maximum atomic E-state index is 12.1. The average molecular weight is 286 g/mol. The number of halogens is 3. The lowest BCUT2D eigenvalue weighted by molar-refractivity contribution is -0.137. The number of alkyl halides is 3. The molecule has 0 aliphatic rings. The van der Waals surface area contributed by atoms with Crippen molar-refractivity contribution in [3.63, 3.8) is 0 Å². The zero-order valence-corrected chi connectivity index (χ0v) is 11.2. The van der Waals surface area contributed by atoms with Gasteiger partial charge in [-0.2, -0.15) is 13.2 Å². The number of nitrogens with two attached hydrogens (primary N) is 1. The number of rotatable bonds is 5. The van der Waals surface area contributed by atoms with Crippen LogP contribution in [0.2, 0.25) is 0 Å². The van der Waals surface area contributed by atoms with Crippen molar-refractivity contribution in [3.05, 3.63) is 24.0 Å². The molecule has 2 rings (SSSR count). The quantitative estimate of drug-likeness (QED) is 0.831. The minimum absolute atomic E-state index is 0.00330. The summed E-state index contributed by atoms with van der Waals surface area (Å²) in [4.78, 5) is 9.15. The van der Waals surface area contributed by atoms with E-state index in [1.165, 1.54) is 0 Å². The van der Waals surface area contributed by atoms with E-state index >= 15 is 0 Å². The molecule has 110 valence electrons. The van der Waals surface area contributed by atoms with Crippen molar-refractivity contribution in [3.8, 4) is 0 Å². The van der Waals surface area contributed by atoms with Crippen LogP contribution in [-0.2, 0) is 6.42 Å². The summed E-state index contributed by atoms with van der Waals surface area (Å²) in [5.41, 5.74) is 7.98. The van der Waals surface area contributed by atoms with Crippen LogP contribution in [0.3, 0.4) is 0 Å². The van der Waals surface area contributed by atoms with Gasteiger partial charge in [0.25, 0.3) is 0 Å². The van der Waals surface area contributed by atoms with Crippen LogP contribution in [0.15, 0.2) is 18.2 Å². The molecule has 1 heterocycles. The van der Waals surface area contributed by atoms with Crippen LogP contribution in [-0.4, -0.2) is 41.2 Å². The van der Waals surface area contributed by atoms with Gasteiger partial charge in [-0.15, -0.1) is 0 Å². The highest BCUT2D eigenvalue weighted by Gasteiger charge is 2.26. The van der Waals surface area contributed by atoms with Crippen molar-refractivity contribution in [2.75, 3.05) is 25.9 Å². The van der Waals surface area contributed by atoms with E-state index < -0.39 is 12.6 Å². The van der Waals surface area contributed by atoms with Gasteiger partial charge in [0.1, 0.15) is 5.82 Å². The van der Waals surface area contributed by atoms with Crippen LogP contribution in [0, 0.1) is 0 Å². The van der Waals surface area contributed by atoms with Crippen LogP contribution in [0.25, 0.3) is 11.0 Å². The maximum Gasteiger partial charge on any atom is 0.390 e. The number of nitrogens with zero attached hydrogens (tertiary/aromatic N) is 2.